The maximum Gasteiger partial charge on any atom is 0.149 e. The van der Waals surface area contributed by atoms with E-state index in [0.29, 0.717) is 6.42 Å². The molecule has 3 heteroatoms. The third-order valence-corrected chi connectivity index (χ3v) is 2.21. The number of hydrogen-bond donors (Lipinski definition) is 2. The Labute approximate surface area is 90.7 Å². The van der Waals surface area contributed by atoms with Gasteiger partial charge in [0.1, 0.15) is 5.78 Å². The third-order valence-electron chi connectivity index (χ3n) is 2.21. The molecule has 0 saturated heterocycles. The molecule has 0 saturated carbocycles. The van der Waals surface area contributed by atoms with E-state index in [-0.39, 0.29) is 11.8 Å². The first-order valence-corrected chi connectivity index (χ1v) is 5.27. The van der Waals surface area contributed by atoms with Gasteiger partial charge in [-0.3, -0.25) is 4.79 Å². The van der Waals surface area contributed by atoms with Crippen LogP contribution in [0.4, 0.5) is 5.69 Å². The Morgan fingerprint density at radius 1 is 1.40 bits per heavy atom. The minimum atomic E-state index is -0.332. The number of benzene rings is 1. The van der Waals surface area contributed by atoms with E-state index >= 15 is 0 Å². The number of carbonyl (C=O) groups is 1. The summed E-state index contributed by atoms with van der Waals surface area (Å²) in [6.45, 7) is 2.54. The third kappa shape index (κ3) is 4.61. The summed E-state index contributed by atoms with van der Waals surface area (Å²) in [5.74, 6) is 0.130. The van der Waals surface area contributed by atoms with Crippen molar-refractivity contribution in [3.8, 4) is 0 Å². The Hall–Kier alpha value is -1.35. The molecule has 0 aliphatic carbocycles. The van der Waals surface area contributed by atoms with Gasteiger partial charge in [-0.25, -0.2) is 0 Å². The molecule has 0 radical (unpaired) electrons. The largest absolute Gasteiger partial charge is 0.385 e. The zero-order valence-electron chi connectivity index (χ0n) is 9.07. The number of ketones is 1. The van der Waals surface area contributed by atoms with Crippen LogP contribution in [-0.2, 0) is 4.79 Å². The van der Waals surface area contributed by atoms with Crippen molar-refractivity contribution in [2.24, 2.45) is 5.73 Å². The van der Waals surface area contributed by atoms with Gasteiger partial charge in [-0.15, -0.1) is 0 Å². The number of nitrogens with one attached hydrogen (secondary N) is 1. The molecule has 0 bridgehead atoms. The maximum atomic E-state index is 11.2. The summed E-state index contributed by atoms with van der Waals surface area (Å²) in [7, 11) is 0. The van der Waals surface area contributed by atoms with Crippen LogP contribution in [0.2, 0.25) is 0 Å². The number of Topliss-reactive ketones (excluding diaryl/α,β-unsaturated/α-hetero) is 1. The summed E-state index contributed by atoms with van der Waals surface area (Å²) in [5, 5.41) is 3.25. The predicted octanol–water partition coefficient (Wildman–Crippen LogP) is 1.79. The Morgan fingerprint density at radius 2 is 2.07 bits per heavy atom. The van der Waals surface area contributed by atoms with E-state index in [1.807, 2.05) is 30.3 Å². The number of carbonyl (C=O) groups excluding carboxylic acids is 1. The van der Waals surface area contributed by atoms with Gasteiger partial charge >= 0.3 is 0 Å². The molecule has 0 aliphatic rings. The Bertz CT molecular complexity index is 296. The Morgan fingerprint density at radius 3 is 2.67 bits per heavy atom. The Kier molecular flexibility index (Phi) is 4.84. The monoisotopic (exact) mass is 206 g/mol. The molecule has 0 fully saturated rings. The minimum absolute atomic E-state index is 0.130. The van der Waals surface area contributed by atoms with Crippen LogP contribution in [-0.4, -0.2) is 18.4 Å². The number of hydrogen-bond acceptors (Lipinski definition) is 3. The van der Waals surface area contributed by atoms with Crippen molar-refractivity contribution in [2.45, 2.75) is 25.8 Å². The van der Waals surface area contributed by atoms with Crippen molar-refractivity contribution in [3.05, 3.63) is 30.3 Å². The predicted molar refractivity (Wildman–Crippen MR) is 62.8 cm³/mol. The molecule has 0 aromatic heterocycles. The number of anilines is 1. The van der Waals surface area contributed by atoms with Crippen molar-refractivity contribution in [2.75, 3.05) is 11.9 Å². The molecule has 15 heavy (non-hydrogen) atoms. The summed E-state index contributed by atoms with van der Waals surface area (Å²) in [4.78, 5) is 11.2. The Balaban J connectivity index is 2.15. The molecule has 82 valence electrons. The molecular formula is C12H18N2O. The maximum absolute atomic E-state index is 11.2. The van der Waals surface area contributed by atoms with Gasteiger partial charge in [0, 0.05) is 18.7 Å². The van der Waals surface area contributed by atoms with Crippen molar-refractivity contribution in [1.82, 2.24) is 0 Å². The van der Waals surface area contributed by atoms with E-state index in [4.69, 9.17) is 5.73 Å². The lowest BCUT2D eigenvalue weighted by Crippen LogP contribution is -2.26. The summed E-state index contributed by atoms with van der Waals surface area (Å²) in [5.41, 5.74) is 6.55. The second kappa shape index (κ2) is 6.19. The minimum Gasteiger partial charge on any atom is -0.385 e. The van der Waals surface area contributed by atoms with Crippen molar-refractivity contribution >= 4 is 11.5 Å². The normalized spacial score (nSPS) is 12.1. The van der Waals surface area contributed by atoms with Gasteiger partial charge in [-0.05, 0) is 25.5 Å². The van der Waals surface area contributed by atoms with Crippen LogP contribution in [0.15, 0.2) is 30.3 Å². The molecule has 1 rings (SSSR count). The van der Waals surface area contributed by atoms with Crippen molar-refractivity contribution < 1.29 is 4.79 Å². The summed E-state index contributed by atoms with van der Waals surface area (Å²) in [6, 6.07) is 9.62. The highest BCUT2D eigenvalue weighted by molar-refractivity contribution is 5.83. The second-order valence-corrected chi connectivity index (χ2v) is 3.65. The molecule has 0 spiro atoms. The fourth-order valence-electron chi connectivity index (χ4n) is 1.28. The topological polar surface area (TPSA) is 55.1 Å². The smallest absolute Gasteiger partial charge is 0.149 e. The van der Waals surface area contributed by atoms with Crippen molar-refractivity contribution in [1.29, 1.82) is 0 Å². The van der Waals surface area contributed by atoms with Crippen LogP contribution < -0.4 is 11.1 Å². The molecule has 3 nitrogen and oxygen atoms in total. The summed E-state index contributed by atoms with van der Waals surface area (Å²) in [6.07, 6.45) is 1.38. The van der Waals surface area contributed by atoms with Gasteiger partial charge in [0.2, 0.25) is 0 Å². The fourth-order valence-corrected chi connectivity index (χ4v) is 1.28. The first-order valence-electron chi connectivity index (χ1n) is 5.27. The quantitative estimate of drug-likeness (QED) is 0.698. The van der Waals surface area contributed by atoms with Gasteiger partial charge in [-0.1, -0.05) is 18.2 Å². The number of nitrogens with two attached hydrogens (primary N) is 1. The van der Waals surface area contributed by atoms with Gasteiger partial charge in [0.05, 0.1) is 6.04 Å². The van der Waals surface area contributed by atoms with E-state index < -0.39 is 0 Å². The molecule has 0 aliphatic heterocycles. The van der Waals surface area contributed by atoms with Gasteiger partial charge in [0.25, 0.3) is 0 Å². The van der Waals surface area contributed by atoms with Crippen LogP contribution in [0.5, 0.6) is 0 Å². The highest BCUT2D eigenvalue weighted by atomic mass is 16.1. The molecule has 3 N–H and O–H groups in total. The molecule has 1 atom stereocenters. The van der Waals surface area contributed by atoms with E-state index in [2.05, 4.69) is 5.32 Å². The molecule has 0 unspecified atom stereocenters. The van der Waals surface area contributed by atoms with Crippen LogP contribution in [0, 0.1) is 0 Å². The summed E-state index contributed by atoms with van der Waals surface area (Å²) < 4.78 is 0. The van der Waals surface area contributed by atoms with Gasteiger partial charge in [0.15, 0.2) is 0 Å². The van der Waals surface area contributed by atoms with E-state index in [1.54, 1.807) is 6.92 Å². The molecule has 1 aromatic rings. The van der Waals surface area contributed by atoms with Crippen LogP contribution in [0.1, 0.15) is 19.8 Å². The van der Waals surface area contributed by atoms with Gasteiger partial charge < -0.3 is 11.1 Å². The second-order valence-electron chi connectivity index (χ2n) is 3.65. The van der Waals surface area contributed by atoms with Crippen LogP contribution >= 0.6 is 0 Å². The summed E-state index contributed by atoms with van der Waals surface area (Å²) >= 11 is 0. The van der Waals surface area contributed by atoms with E-state index in [1.165, 1.54) is 0 Å². The average molecular weight is 206 g/mol. The lowest BCUT2D eigenvalue weighted by atomic mass is 10.1. The van der Waals surface area contributed by atoms with E-state index in [9.17, 15) is 4.79 Å². The highest BCUT2D eigenvalue weighted by Gasteiger charge is 2.05. The molecule has 1 aromatic carbocycles. The van der Waals surface area contributed by atoms with Gasteiger partial charge in [-0.2, -0.15) is 0 Å². The standard InChI is InChI=1S/C12H18N2O/c1-10(13)12(15)8-5-9-14-11-6-3-2-4-7-11/h2-4,6-7,10,14H,5,8-9,13H2,1H3/t10-/m1/s1. The molecule has 0 heterocycles. The lowest BCUT2D eigenvalue weighted by molar-refractivity contribution is -0.119. The zero-order valence-corrected chi connectivity index (χ0v) is 9.07. The van der Waals surface area contributed by atoms with Crippen LogP contribution in [0.3, 0.4) is 0 Å². The average Bonchev–Trinajstić information content (AvgIpc) is 2.25. The van der Waals surface area contributed by atoms with Crippen LogP contribution in [0.25, 0.3) is 0 Å². The van der Waals surface area contributed by atoms with E-state index in [0.717, 1.165) is 18.7 Å². The first kappa shape index (κ1) is 11.7. The molecular weight excluding hydrogens is 188 g/mol. The highest BCUT2D eigenvalue weighted by Crippen LogP contribution is 2.05. The fraction of sp³-hybridized carbons (Fsp3) is 0.417. The SMILES string of the molecule is C[C@@H](N)C(=O)CCCNc1ccccc1. The number of rotatable bonds is 6. The lowest BCUT2D eigenvalue weighted by Gasteiger charge is -2.06. The zero-order chi connectivity index (χ0) is 11.1. The number of para-hydroxylation sites is 1. The first-order chi connectivity index (χ1) is 7.20. The molecule has 0 amide bonds. The van der Waals surface area contributed by atoms with Crippen molar-refractivity contribution in [3.63, 3.8) is 0 Å².